The van der Waals surface area contributed by atoms with Crippen molar-refractivity contribution < 1.29 is 4.74 Å². The van der Waals surface area contributed by atoms with Crippen molar-refractivity contribution in [3.05, 3.63) is 0 Å². The van der Waals surface area contributed by atoms with E-state index < -0.39 is 0 Å². The molecule has 2 fully saturated rings. The van der Waals surface area contributed by atoms with Gasteiger partial charge in [-0.3, -0.25) is 0 Å². The number of morpholine rings is 1. The zero-order valence-electron chi connectivity index (χ0n) is 6.96. The SMILES string of the molecule is C1CCC(C2C[N]CCO2)C1. The first-order chi connectivity index (χ1) is 5.47. The van der Waals surface area contributed by atoms with Gasteiger partial charge in [0, 0.05) is 13.1 Å². The van der Waals surface area contributed by atoms with E-state index in [1.807, 2.05) is 0 Å². The van der Waals surface area contributed by atoms with Crippen LogP contribution in [0.2, 0.25) is 0 Å². The van der Waals surface area contributed by atoms with Crippen LogP contribution in [0.15, 0.2) is 0 Å². The van der Waals surface area contributed by atoms with Gasteiger partial charge in [0.15, 0.2) is 0 Å². The van der Waals surface area contributed by atoms with Crippen LogP contribution in [-0.2, 0) is 4.74 Å². The van der Waals surface area contributed by atoms with Gasteiger partial charge in [0.05, 0.1) is 12.7 Å². The Balaban J connectivity index is 1.82. The standard InChI is InChI=1S/C9H16NO/c1-2-4-8(3-1)9-7-10-5-6-11-9/h8-9H,1-7H2. The Hall–Kier alpha value is -0.0800. The fourth-order valence-electron chi connectivity index (χ4n) is 2.15. The molecule has 2 nitrogen and oxygen atoms in total. The number of nitrogens with zero attached hydrogens (tertiary/aromatic N) is 1. The molecule has 1 heterocycles. The van der Waals surface area contributed by atoms with Crippen molar-refractivity contribution in [2.24, 2.45) is 5.92 Å². The fraction of sp³-hybridized carbons (Fsp3) is 1.00. The van der Waals surface area contributed by atoms with Gasteiger partial charge in [0.25, 0.3) is 0 Å². The van der Waals surface area contributed by atoms with Crippen LogP contribution in [-0.4, -0.2) is 25.8 Å². The summed E-state index contributed by atoms with van der Waals surface area (Å²) in [5, 5.41) is 4.38. The van der Waals surface area contributed by atoms with Gasteiger partial charge in [-0.2, -0.15) is 0 Å². The summed E-state index contributed by atoms with van der Waals surface area (Å²) in [5.74, 6) is 0.832. The summed E-state index contributed by atoms with van der Waals surface area (Å²) >= 11 is 0. The Morgan fingerprint density at radius 2 is 2.00 bits per heavy atom. The third-order valence-electron chi connectivity index (χ3n) is 2.82. The van der Waals surface area contributed by atoms with Crippen LogP contribution in [0, 0.1) is 5.92 Å². The Kier molecular flexibility index (Phi) is 2.44. The highest BCUT2D eigenvalue weighted by Gasteiger charge is 2.27. The molecule has 0 spiro atoms. The van der Waals surface area contributed by atoms with Gasteiger partial charge in [0.1, 0.15) is 0 Å². The van der Waals surface area contributed by atoms with Gasteiger partial charge in [-0.25, -0.2) is 5.32 Å². The number of hydrogen-bond donors (Lipinski definition) is 0. The molecule has 2 heteroatoms. The lowest BCUT2D eigenvalue weighted by atomic mass is 10.0. The third kappa shape index (κ3) is 1.74. The molecule has 63 valence electrons. The summed E-state index contributed by atoms with van der Waals surface area (Å²) in [6.45, 7) is 2.75. The van der Waals surface area contributed by atoms with Crippen LogP contribution in [0.5, 0.6) is 0 Å². The monoisotopic (exact) mass is 154 g/mol. The van der Waals surface area contributed by atoms with Crippen molar-refractivity contribution >= 4 is 0 Å². The maximum Gasteiger partial charge on any atom is 0.0744 e. The van der Waals surface area contributed by atoms with Crippen LogP contribution in [0.3, 0.4) is 0 Å². The van der Waals surface area contributed by atoms with E-state index in [4.69, 9.17) is 4.74 Å². The first-order valence-electron chi connectivity index (χ1n) is 4.71. The molecule has 1 atom stereocenters. The Labute approximate surface area is 68.3 Å². The normalized spacial score (nSPS) is 34.4. The van der Waals surface area contributed by atoms with Crippen LogP contribution in [0.25, 0.3) is 0 Å². The fourth-order valence-corrected chi connectivity index (χ4v) is 2.15. The number of rotatable bonds is 1. The lowest BCUT2D eigenvalue weighted by Crippen LogP contribution is -2.38. The quantitative estimate of drug-likeness (QED) is 0.556. The molecule has 1 unspecified atom stereocenters. The molecule has 1 saturated heterocycles. The summed E-state index contributed by atoms with van der Waals surface area (Å²) in [7, 11) is 0. The first kappa shape index (κ1) is 7.56. The average Bonchev–Trinajstić information content (AvgIpc) is 2.58. The molecular weight excluding hydrogens is 138 g/mol. The number of ether oxygens (including phenoxy) is 1. The largest absolute Gasteiger partial charge is 0.375 e. The second-order valence-corrected chi connectivity index (χ2v) is 3.58. The highest BCUT2D eigenvalue weighted by molar-refractivity contribution is 4.79. The molecule has 0 N–H and O–H groups in total. The summed E-state index contributed by atoms with van der Waals surface area (Å²) in [4.78, 5) is 0. The van der Waals surface area contributed by atoms with Gasteiger partial charge in [-0.05, 0) is 18.8 Å². The van der Waals surface area contributed by atoms with E-state index in [1.165, 1.54) is 25.7 Å². The van der Waals surface area contributed by atoms with E-state index in [9.17, 15) is 0 Å². The number of hydrogen-bond acceptors (Lipinski definition) is 1. The summed E-state index contributed by atoms with van der Waals surface area (Å²) in [6.07, 6.45) is 6.04. The summed E-state index contributed by atoms with van der Waals surface area (Å²) in [5.41, 5.74) is 0. The van der Waals surface area contributed by atoms with Crippen molar-refractivity contribution in [2.75, 3.05) is 19.7 Å². The third-order valence-corrected chi connectivity index (χ3v) is 2.82. The minimum atomic E-state index is 0.478. The zero-order chi connectivity index (χ0) is 7.52. The van der Waals surface area contributed by atoms with Crippen molar-refractivity contribution in [2.45, 2.75) is 31.8 Å². The predicted molar refractivity (Wildman–Crippen MR) is 43.6 cm³/mol. The second kappa shape index (κ2) is 3.55. The van der Waals surface area contributed by atoms with E-state index >= 15 is 0 Å². The van der Waals surface area contributed by atoms with Crippen LogP contribution in [0.1, 0.15) is 25.7 Å². The van der Waals surface area contributed by atoms with Crippen molar-refractivity contribution in [1.82, 2.24) is 5.32 Å². The lowest BCUT2D eigenvalue weighted by Gasteiger charge is -2.27. The lowest BCUT2D eigenvalue weighted by molar-refractivity contribution is -0.00861. The summed E-state index contributed by atoms with van der Waals surface area (Å²) in [6, 6.07) is 0. The van der Waals surface area contributed by atoms with E-state index in [1.54, 1.807) is 0 Å². The molecule has 1 aliphatic heterocycles. The van der Waals surface area contributed by atoms with E-state index in [2.05, 4.69) is 5.32 Å². The zero-order valence-corrected chi connectivity index (χ0v) is 6.96. The van der Waals surface area contributed by atoms with Crippen molar-refractivity contribution in [3.63, 3.8) is 0 Å². The van der Waals surface area contributed by atoms with Crippen LogP contribution in [0.4, 0.5) is 0 Å². The smallest absolute Gasteiger partial charge is 0.0744 e. The molecular formula is C9H16NO. The van der Waals surface area contributed by atoms with Gasteiger partial charge in [-0.15, -0.1) is 0 Å². The van der Waals surface area contributed by atoms with Crippen molar-refractivity contribution in [3.8, 4) is 0 Å². The molecule has 11 heavy (non-hydrogen) atoms. The summed E-state index contributed by atoms with van der Waals surface area (Å²) < 4.78 is 5.67. The molecule has 0 aromatic heterocycles. The maximum atomic E-state index is 5.67. The van der Waals surface area contributed by atoms with Gasteiger partial charge < -0.3 is 4.74 Å². The van der Waals surface area contributed by atoms with E-state index in [-0.39, 0.29) is 0 Å². The van der Waals surface area contributed by atoms with Gasteiger partial charge >= 0.3 is 0 Å². The van der Waals surface area contributed by atoms with Crippen LogP contribution >= 0.6 is 0 Å². The molecule has 0 amide bonds. The first-order valence-corrected chi connectivity index (χ1v) is 4.71. The predicted octanol–water partition coefficient (Wildman–Crippen LogP) is 1.18. The van der Waals surface area contributed by atoms with Gasteiger partial charge in [-0.1, -0.05) is 12.8 Å². The van der Waals surface area contributed by atoms with Crippen LogP contribution < -0.4 is 5.32 Å². The van der Waals surface area contributed by atoms with Gasteiger partial charge in [0.2, 0.25) is 0 Å². The molecule has 2 aliphatic rings. The Bertz CT molecular complexity index is 115. The Morgan fingerprint density at radius 3 is 2.64 bits per heavy atom. The minimum absolute atomic E-state index is 0.478. The maximum absolute atomic E-state index is 5.67. The molecule has 1 aliphatic carbocycles. The molecule has 2 rings (SSSR count). The highest BCUT2D eigenvalue weighted by atomic mass is 16.5. The molecule has 0 aromatic carbocycles. The average molecular weight is 154 g/mol. The highest BCUT2D eigenvalue weighted by Crippen LogP contribution is 2.29. The topological polar surface area (TPSA) is 23.3 Å². The molecule has 1 saturated carbocycles. The Morgan fingerprint density at radius 1 is 1.18 bits per heavy atom. The second-order valence-electron chi connectivity index (χ2n) is 3.58. The van der Waals surface area contributed by atoms with E-state index in [0.29, 0.717) is 6.10 Å². The van der Waals surface area contributed by atoms with E-state index in [0.717, 1.165) is 25.6 Å². The molecule has 1 radical (unpaired) electrons. The molecule has 0 bridgehead atoms. The van der Waals surface area contributed by atoms with Crippen molar-refractivity contribution in [1.29, 1.82) is 0 Å². The minimum Gasteiger partial charge on any atom is -0.375 e. The molecule has 0 aromatic rings.